The average molecular weight is 334 g/mol. The van der Waals surface area contributed by atoms with Gasteiger partial charge in [0, 0.05) is 17.8 Å². The number of carboxylic acids is 1. The number of amides is 1. The van der Waals surface area contributed by atoms with Crippen LogP contribution in [0.3, 0.4) is 0 Å². The van der Waals surface area contributed by atoms with Gasteiger partial charge in [-0.05, 0) is 44.0 Å². The number of rotatable bonds is 3. The maximum atomic E-state index is 12.7. The first-order valence-corrected chi connectivity index (χ1v) is 7.65. The zero-order valence-corrected chi connectivity index (χ0v) is 13.3. The molecule has 0 aliphatic carbocycles. The van der Waals surface area contributed by atoms with Gasteiger partial charge in [-0.25, -0.2) is 9.48 Å². The monoisotopic (exact) mass is 333 g/mol. The van der Waals surface area contributed by atoms with Gasteiger partial charge in [-0.3, -0.25) is 4.79 Å². The minimum absolute atomic E-state index is 0.312. The molecule has 1 aliphatic rings. The Morgan fingerprint density at radius 1 is 1.30 bits per heavy atom. The molecule has 7 heteroatoms. The first-order valence-electron chi connectivity index (χ1n) is 7.28. The average Bonchev–Trinajstić information content (AvgIpc) is 3.15. The van der Waals surface area contributed by atoms with E-state index in [0.29, 0.717) is 30.0 Å². The Bertz CT molecular complexity index is 756. The van der Waals surface area contributed by atoms with Crippen LogP contribution in [0.4, 0.5) is 0 Å². The molecule has 3 rings (SSSR count). The standard InChI is InChI=1S/C16H16ClN3O3/c1-16(15(22)23)7-2-8-19(16)14(21)11-9-18-20(10-11)13-5-3-12(17)4-6-13/h3-6,9-10H,2,7-8H2,1H3,(H,22,23). The van der Waals surface area contributed by atoms with Crippen LogP contribution in [0.25, 0.3) is 5.69 Å². The van der Waals surface area contributed by atoms with Crippen molar-refractivity contribution in [3.63, 3.8) is 0 Å². The van der Waals surface area contributed by atoms with Gasteiger partial charge in [0.05, 0.1) is 17.4 Å². The van der Waals surface area contributed by atoms with E-state index in [1.54, 1.807) is 42.1 Å². The minimum atomic E-state index is -1.15. The first kappa shape index (κ1) is 15.6. The summed E-state index contributed by atoms with van der Waals surface area (Å²) in [5, 5.41) is 14.2. The smallest absolute Gasteiger partial charge is 0.329 e. The van der Waals surface area contributed by atoms with Crippen molar-refractivity contribution in [1.29, 1.82) is 0 Å². The molecule has 6 nitrogen and oxygen atoms in total. The van der Waals surface area contributed by atoms with Gasteiger partial charge in [-0.2, -0.15) is 5.10 Å². The number of benzene rings is 1. The van der Waals surface area contributed by atoms with Crippen molar-refractivity contribution in [1.82, 2.24) is 14.7 Å². The quantitative estimate of drug-likeness (QED) is 0.936. The van der Waals surface area contributed by atoms with Crippen LogP contribution in [-0.2, 0) is 4.79 Å². The number of nitrogens with zero attached hydrogens (tertiary/aromatic N) is 3. The minimum Gasteiger partial charge on any atom is -0.480 e. The lowest BCUT2D eigenvalue weighted by atomic mass is 9.99. The molecular weight excluding hydrogens is 318 g/mol. The highest BCUT2D eigenvalue weighted by Gasteiger charge is 2.46. The van der Waals surface area contributed by atoms with Gasteiger partial charge < -0.3 is 10.0 Å². The highest BCUT2D eigenvalue weighted by Crippen LogP contribution is 2.30. The molecule has 1 unspecified atom stereocenters. The van der Waals surface area contributed by atoms with E-state index in [1.165, 1.54) is 11.1 Å². The zero-order chi connectivity index (χ0) is 16.6. The molecule has 1 aliphatic heterocycles. The Balaban J connectivity index is 1.87. The van der Waals surface area contributed by atoms with Gasteiger partial charge in [0.1, 0.15) is 5.54 Å². The van der Waals surface area contributed by atoms with E-state index in [2.05, 4.69) is 5.10 Å². The third-order valence-electron chi connectivity index (χ3n) is 4.27. The highest BCUT2D eigenvalue weighted by molar-refractivity contribution is 6.30. The molecule has 0 saturated carbocycles. The summed E-state index contributed by atoms with van der Waals surface area (Å²) in [6, 6.07) is 7.06. The summed E-state index contributed by atoms with van der Waals surface area (Å²) in [7, 11) is 0. The Labute approximate surface area is 138 Å². The molecule has 2 heterocycles. The predicted octanol–water partition coefficient (Wildman–Crippen LogP) is 2.61. The maximum Gasteiger partial charge on any atom is 0.329 e. The highest BCUT2D eigenvalue weighted by atomic mass is 35.5. The van der Waals surface area contributed by atoms with Crippen molar-refractivity contribution in [2.24, 2.45) is 0 Å². The van der Waals surface area contributed by atoms with Crippen molar-refractivity contribution in [2.75, 3.05) is 6.54 Å². The Morgan fingerprint density at radius 2 is 2.00 bits per heavy atom. The fourth-order valence-corrected chi connectivity index (χ4v) is 2.96. The zero-order valence-electron chi connectivity index (χ0n) is 12.6. The molecule has 1 saturated heterocycles. The second-order valence-electron chi connectivity index (χ2n) is 5.79. The molecule has 1 amide bonds. The van der Waals surface area contributed by atoms with Crippen molar-refractivity contribution < 1.29 is 14.7 Å². The Kier molecular flexibility index (Phi) is 3.85. The van der Waals surface area contributed by atoms with Gasteiger partial charge in [-0.1, -0.05) is 11.6 Å². The second-order valence-corrected chi connectivity index (χ2v) is 6.23. The number of halogens is 1. The van der Waals surface area contributed by atoms with Crippen LogP contribution in [-0.4, -0.2) is 43.7 Å². The van der Waals surface area contributed by atoms with E-state index in [0.717, 1.165) is 5.69 Å². The summed E-state index contributed by atoms with van der Waals surface area (Å²) in [5.41, 5.74) is -0.00962. The lowest BCUT2D eigenvalue weighted by Crippen LogP contribution is -2.50. The number of aliphatic carboxylic acids is 1. The van der Waals surface area contributed by atoms with E-state index < -0.39 is 11.5 Å². The molecular formula is C16H16ClN3O3. The van der Waals surface area contributed by atoms with Crippen molar-refractivity contribution >= 4 is 23.5 Å². The molecule has 0 bridgehead atoms. The summed E-state index contributed by atoms with van der Waals surface area (Å²) in [5.74, 6) is -1.29. The molecule has 2 aromatic rings. The van der Waals surface area contributed by atoms with E-state index in [9.17, 15) is 14.7 Å². The number of carbonyl (C=O) groups excluding carboxylic acids is 1. The first-order chi connectivity index (χ1) is 10.9. The van der Waals surface area contributed by atoms with E-state index in [4.69, 9.17) is 11.6 Å². The van der Waals surface area contributed by atoms with Crippen molar-refractivity contribution in [3.05, 3.63) is 47.2 Å². The largest absolute Gasteiger partial charge is 0.480 e. The van der Waals surface area contributed by atoms with Crippen molar-refractivity contribution in [2.45, 2.75) is 25.3 Å². The van der Waals surface area contributed by atoms with Crippen LogP contribution in [0.1, 0.15) is 30.1 Å². The van der Waals surface area contributed by atoms with E-state index >= 15 is 0 Å². The molecule has 1 aromatic carbocycles. The summed E-state index contributed by atoms with van der Waals surface area (Å²) >= 11 is 5.86. The molecule has 0 spiro atoms. The third-order valence-corrected chi connectivity index (χ3v) is 4.52. The van der Waals surface area contributed by atoms with Gasteiger partial charge in [0.15, 0.2) is 0 Å². The fraction of sp³-hybridized carbons (Fsp3) is 0.312. The lowest BCUT2D eigenvalue weighted by molar-refractivity contribution is -0.147. The second kappa shape index (κ2) is 5.70. The normalized spacial score (nSPS) is 20.7. The number of carbonyl (C=O) groups is 2. The summed E-state index contributed by atoms with van der Waals surface area (Å²) < 4.78 is 1.57. The number of hydrogen-bond acceptors (Lipinski definition) is 3. The fourth-order valence-electron chi connectivity index (χ4n) is 2.84. The van der Waals surface area contributed by atoms with Crippen LogP contribution in [0.2, 0.25) is 5.02 Å². The molecule has 1 fully saturated rings. The number of carboxylic acid groups (broad SMARTS) is 1. The Morgan fingerprint density at radius 3 is 2.65 bits per heavy atom. The number of aromatic nitrogens is 2. The van der Waals surface area contributed by atoms with E-state index in [1.807, 2.05) is 0 Å². The van der Waals surface area contributed by atoms with E-state index in [-0.39, 0.29) is 5.91 Å². The SMILES string of the molecule is CC1(C(=O)O)CCCN1C(=O)c1cnn(-c2ccc(Cl)cc2)c1. The molecule has 120 valence electrons. The molecule has 1 N–H and O–H groups in total. The maximum absolute atomic E-state index is 12.7. The molecule has 0 radical (unpaired) electrons. The van der Waals surface area contributed by atoms with Crippen LogP contribution >= 0.6 is 11.6 Å². The van der Waals surface area contributed by atoms with Crippen LogP contribution in [0.15, 0.2) is 36.7 Å². The van der Waals surface area contributed by atoms with Gasteiger partial charge in [0.2, 0.25) is 0 Å². The third kappa shape index (κ3) is 2.70. The number of likely N-dealkylation sites (tertiary alicyclic amines) is 1. The van der Waals surface area contributed by atoms with Crippen LogP contribution in [0.5, 0.6) is 0 Å². The van der Waals surface area contributed by atoms with Crippen LogP contribution in [0, 0.1) is 0 Å². The molecule has 1 aromatic heterocycles. The van der Waals surface area contributed by atoms with Gasteiger partial charge in [-0.15, -0.1) is 0 Å². The summed E-state index contributed by atoms with van der Waals surface area (Å²) in [6.07, 6.45) is 4.20. The predicted molar refractivity (Wildman–Crippen MR) is 84.9 cm³/mol. The van der Waals surface area contributed by atoms with Crippen LogP contribution < -0.4 is 0 Å². The Hall–Kier alpha value is -2.34. The number of hydrogen-bond donors (Lipinski definition) is 1. The summed E-state index contributed by atoms with van der Waals surface area (Å²) in [6.45, 7) is 2.03. The lowest BCUT2D eigenvalue weighted by Gasteiger charge is -2.30. The molecule has 1 atom stereocenters. The molecule has 23 heavy (non-hydrogen) atoms. The van der Waals surface area contributed by atoms with Gasteiger partial charge >= 0.3 is 5.97 Å². The van der Waals surface area contributed by atoms with Gasteiger partial charge in [0.25, 0.3) is 5.91 Å². The summed E-state index contributed by atoms with van der Waals surface area (Å²) in [4.78, 5) is 25.6. The van der Waals surface area contributed by atoms with Crippen molar-refractivity contribution in [3.8, 4) is 5.69 Å². The topological polar surface area (TPSA) is 75.4 Å².